The van der Waals surface area contributed by atoms with Crippen molar-refractivity contribution in [3.8, 4) is 0 Å². The summed E-state index contributed by atoms with van der Waals surface area (Å²) in [6.07, 6.45) is 3.70. The molecule has 108 valence electrons. The highest BCUT2D eigenvalue weighted by molar-refractivity contribution is 4.88. The van der Waals surface area contributed by atoms with Crippen molar-refractivity contribution in [2.45, 2.75) is 51.7 Å². The molecule has 1 N–H and O–H groups in total. The fourth-order valence-corrected chi connectivity index (χ4v) is 2.38. The smallest absolute Gasteiger partial charge is 0.0852 e. The fraction of sp³-hybridized carbons (Fsp3) is 1.00. The van der Waals surface area contributed by atoms with Crippen LogP contribution in [-0.2, 0) is 14.2 Å². The Labute approximate surface area is 111 Å². The predicted molar refractivity (Wildman–Crippen MR) is 70.7 cm³/mol. The van der Waals surface area contributed by atoms with Gasteiger partial charge in [0.1, 0.15) is 0 Å². The lowest BCUT2D eigenvalue weighted by Crippen LogP contribution is -2.44. The van der Waals surface area contributed by atoms with Gasteiger partial charge < -0.3 is 19.3 Å². The number of rotatable bonds is 8. The van der Waals surface area contributed by atoms with Gasteiger partial charge in [-0.3, -0.25) is 0 Å². The molecule has 1 aliphatic carbocycles. The van der Waals surface area contributed by atoms with Crippen molar-refractivity contribution in [1.82, 2.24) is 0 Å². The molecule has 1 saturated carbocycles. The highest BCUT2D eigenvalue weighted by Crippen LogP contribution is 2.36. The summed E-state index contributed by atoms with van der Waals surface area (Å²) in [5.41, 5.74) is -0.0160. The first-order valence-corrected chi connectivity index (χ1v) is 6.94. The third-order valence-corrected chi connectivity index (χ3v) is 3.66. The Bertz CT molecular complexity index is 218. The van der Waals surface area contributed by atoms with Crippen LogP contribution in [0.1, 0.15) is 39.5 Å². The Balaban J connectivity index is 2.08. The zero-order chi connectivity index (χ0) is 13.4. The van der Waals surface area contributed by atoms with Crippen molar-refractivity contribution in [3.05, 3.63) is 0 Å². The van der Waals surface area contributed by atoms with Gasteiger partial charge in [0, 0.05) is 20.3 Å². The van der Waals surface area contributed by atoms with Gasteiger partial charge in [-0.2, -0.15) is 0 Å². The lowest BCUT2D eigenvalue weighted by atomic mass is 9.73. The Morgan fingerprint density at radius 2 is 1.94 bits per heavy atom. The molecule has 0 saturated heterocycles. The third kappa shape index (κ3) is 5.22. The van der Waals surface area contributed by atoms with Crippen molar-refractivity contribution in [2.24, 2.45) is 5.41 Å². The maximum atomic E-state index is 10.2. The number of hydrogen-bond acceptors (Lipinski definition) is 4. The summed E-state index contributed by atoms with van der Waals surface area (Å²) >= 11 is 0. The predicted octanol–water partition coefficient (Wildman–Crippen LogP) is 2.00. The van der Waals surface area contributed by atoms with E-state index in [1.54, 1.807) is 7.11 Å². The molecule has 1 aliphatic rings. The molecule has 0 aromatic rings. The first-order valence-electron chi connectivity index (χ1n) is 6.94. The van der Waals surface area contributed by atoms with Gasteiger partial charge in [-0.15, -0.1) is 0 Å². The maximum absolute atomic E-state index is 10.2. The number of aliphatic hydroxyl groups excluding tert-OH is 1. The Morgan fingerprint density at radius 1 is 1.17 bits per heavy atom. The fourth-order valence-electron chi connectivity index (χ4n) is 2.38. The SMILES string of the molecule is COCCOCCCOC1CCCC(C)(C)C1O. The van der Waals surface area contributed by atoms with Crippen LogP contribution in [0.15, 0.2) is 0 Å². The minimum absolute atomic E-state index is 0.00674. The van der Waals surface area contributed by atoms with Crippen molar-refractivity contribution in [3.63, 3.8) is 0 Å². The summed E-state index contributed by atoms with van der Waals surface area (Å²) in [6.45, 7) is 6.84. The van der Waals surface area contributed by atoms with Gasteiger partial charge in [0.05, 0.1) is 25.4 Å². The first kappa shape index (κ1) is 15.9. The van der Waals surface area contributed by atoms with E-state index in [2.05, 4.69) is 13.8 Å². The number of ether oxygens (including phenoxy) is 3. The Morgan fingerprint density at radius 3 is 2.67 bits per heavy atom. The van der Waals surface area contributed by atoms with Crippen LogP contribution in [0.3, 0.4) is 0 Å². The largest absolute Gasteiger partial charge is 0.390 e. The normalized spacial score (nSPS) is 27.3. The van der Waals surface area contributed by atoms with E-state index in [1.165, 1.54) is 0 Å². The van der Waals surface area contributed by atoms with E-state index in [9.17, 15) is 5.11 Å². The number of methoxy groups -OCH3 is 1. The van der Waals surface area contributed by atoms with Crippen molar-refractivity contribution < 1.29 is 19.3 Å². The molecule has 4 heteroatoms. The second-order valence-electron chi connectivity index (χ2n) is 5.69. The molecule has 0 aromatic heterocycles. The molecule has 0 amide bonds. The molecule has 1 rings (SSSR count). The van der Waals surface area contributed by atoms with Crippen LogP contribution in [0.4, 0.5) is 0 Å². The lowest BCUT2D eigenvalue weighted by molar-refractivity contribution is -0.114. The minimum Gasteiger partial charge on any atom is -0.390 e. The molecule has 0 aromatic carbocycles. The summed E-state index contributed by atoms with van der Waals surface area (Å²) in [7, 11) is 1.67. The summed E-state index contributed by atoms with van der Waals surface area (Å²) in [5.74, 6) is 0. The maximum Gasteiger partial charge on any atom is 0.0852 e. The van der Waals surface area contributed by atoms with E-state index in [-0.39, 0.29) is 17.6 Å². The van der Waals surface area contributed by atoms with Crippen molar-refractivity contribution in [2.75, 3.05) is 33.5 Å². The van der Waals surface area contributed by atoms with Crippen LogP contribution in [0.2, 0.25) is 0 Å². The quantitative estimate of drug-likeness (QED) is 0.678. The first-order chi connectivity index (χ1) is 8.58. The molecule has 0 aliphatic heterocycles. The van der Waals surface area contributed by atoms with Gasteiger partial charge >= 0.3 is 0 Å². The van der Waals surface area contributed by atoms with Gasteiger partial charge in [-0.1, -0.05) is 20.3 Å². The molecule has 0 radical (unpaired) electrons. The van der Waals surface area contributed by atoms with E-state index in [0.29, 0.717) is 26.4 Å². The van der Waals surface area contributed by atoms with Gasteiger partial charge in [0.15, 0.2) is 0 Å². The lowest BCUT2D eigenvalue weighted by Gasteiger charge is -2.40. The van der Waals surface area contributed by atoms with Crippen LogP contribution >= 0.6 is 0 Å². The molecule has 2 unspecified atom stereocenters. The average molecular weight is 260 g/mol. The summed E-state index contributed by atoms with van der Waals surface area (Å²) < 4.78 is 16.0. The molecule has 2 atom stereocenters. The van der Waals surface area contributed by atoms with Crippen LogP contribution in [0, 0.1) is 5.41 Å². The minimum atomic E-state index is -0.347. The van der Waals surface area contributed by atoms with E-state index >= 15 is 0 Å². The van der Waals surface area contributed by atoms with Gasteiger partial charge in [0.25, 0.3) is 0 Å². The highest BCUT2D eigenvalue weighted by Gasteiger charge is 2.38. The van der Waals surface area contributed by atoms with E-state index in [0.717, 1.165) is 25.7 Å². The topological polar surface area (TPSA) is 47.9 Å². The second-order valence-corrected chi connectivity index (χ2v) is 5.69. The van der Waals surface area contributed by atoms with Crippen molar-refractivity contribution in [1.29, 1.82) is 0 Å². The summed E-state index contributed by atoms with van der Waals surface area (Å²) in [4.78, 5) is 0. The van der Waals surface area contributed by atoms with Crippen molar-refractivity contribution >= 4 is 0 Å². The van der Waals surface area contributed by atoms with E-state index < -0.39 is 0 Å². The zero-order valence-electron chi connectivity index (χ0n) is 12.0. The standard InChI is InChI=1S/C14H28O4/c1-14(2)7-4-6-12(13(14)15)18-9-5-8-17-11-10-16-3/h12-13,15H,4-11H2,1-3H3. The molecular formula is C14H28O4. The monoisotopic (exact) mass is 260 g/mol. The van der Waals surface area contributed by atoms with Crippen LogP contribution in [0.5, 0.6) is 0 Å². The number of hydrogen-bond donors (Lipinski definition) is 1. The zero-order valence-corrected chi connectivity index (χ0v) is 12.0. The van der Waals surface area contributed by atoms with E-state index in [1.807, 2.05) is 0 Å². The Hall–Kier alpha value is -0.160. The molecule has 0 spiro atoms. The van der Waals surface area contributed by atoms with Gasteiger partial charge in [-0.25, -0.2) is 0 Å². The van der Waals surface area contributed by atoms with Crippen LogP contribution < -0.4 is 0 Å². The third-order valence-electron chi connectivity index (χ3n) is 3.66. The highest BCUT2D eigenvalue weighted by atomic mass is 16.5. The van der Waals surface area contributed by atoms with Crippen LogP contribution in [0.25, 0.3) is 0 Å². The summed E-state index contributed by atoms with van der Waals surface area (Å²) in [6, 6.07) is 0. The van der Waals surface area contributed by atoms with Gasteiger partial charge in [0.2, 0.25) is 0 Å². The van der Waals surface area contributed by atoms with Crippen LogP contribution in [-0.4, -0.2) is 50.9 Å². The molecule has 0 heterocycles. The average Bonchev–Trinajstić information content (AvgIpc) is 2.33. The second kappa shape index (κ2) is 8.10. The molecule has 1 fully saturated rings. The molecular weight excluding hydrogens is 232 g/mol. The van der Waals surface area contributed by atoms with E-state index in [4.69, 9.17) is 14.2 Å². The van der Waals surface area contributed by atoms with Gasteiger partial charge in [-0.05, 0) is 24.7 Å². The Kier molecular flexibility index (Phi) is 7.15. The molecule has 18 heavy (non-hydrogen) atoms. The molecule has 0 bridgehead atoms. The molecule has 4 nitrogen and oxygen atoms in total. The number of aliphatic hydroxyl groups is 1. The summed E-state index contributed by atoms with van der Waals surface area (Å²) in [5, 5.41) is 10.2.